The fourth-order valence-corrected chi connectivity index (χ4v) is 2.85. The largest absolute Gasteiger partial charge is 0.0620 e. The van der Waals surface area contributed by atoms with E-state index in [1.807, 2.05) is 0 Å². The molecule has 15 heavy (non-hydrogen) atoms. The van der Waals surface area contributed by atoms with E-state index in [0.717, 1.165) is 0 Å². The molecule has 0 heterocycles. The first-order valence-electron chi connectivity index (χ1n) is 5.18. The van der Waals surface area contributed by atoms with Gasteiger partial charge in [-0.1, -0.05) is 36.4 Å². The Morgan fingerprint density at radius 3 is 2.67 bits per heavy atom. The highest BCUT2D eigenvalue weighted by atomic mass is 127. The normalized spacial score (nSPS) is 18.1. The molecule has 1 aliphatic rings. The van der Waals surface area contributed by atoms with Crippen molar-refractivity contribution in [2.24, 2.45) is 0 Å². The van der Waals surface area contributed by atoms with Crippen molar-refractivity contribution < 1.29 is 0 Å². The van der Waals surface area contributed by atoms with Crippen LogP contribution in [-0.2, 0) is 6.42 Å². The molecule has 0 radical (unpaired) electrons. The van der Waals surface area contributed by atoms with Gasteiger partial charge in [0.05, 0.1) is 0 Å². The molecular weight excluding hydrogens is 295 g/mol. The molecule has 0 amide bonds. The van der Waals surface area contributed by atoms with E-state index in [0.29, 0.717) is 5.92 Å². The van der Waals surface area contributed by atoms with E-state index >= 15 is 0 Å². The Morgan fingerprint density at radius 2 is 1.87 bits per heavy atom. The molecule has 0 aliphatic heterocycles. The van der Waals surface area contributed by atoms with E-state index < -0.39 is 0 Å². The van der Waals surface area contributed by atoms with Gasteiger partial charge in [0.15, 0.2) is 0 Å². The van der Waals surface area contributed by atoms with Gasteiger partial charge in [-0.15, -0.1) is 0 Å². The lowest BCUT2D eigenvalue weighted by Crippen LogP contribution is -2.17. The molecular formula is C14H11I. The lowest BCUT2D eigenvalue weighted by Gasteiger charge is -2.30. The van der Waals surface area contributed by atoms with Gasteiger partial charge in [0, 0.05) is 9.49 Å². The van der Waals surface area contributed by atoms with E-state index in [9.17, 15) is 0 Å². The topological polar surface area (TPSA) is 0 Å². The zero-order valence-electron chi connectivity index (χ0n) is 8.28. The molecule has 1 unspecified atom stereocenters. The molecule has 74 valence electrons. The first-order chi connectivity index (χ1) is 7.34. The van der Waals surface area contributed by atoms with E-state index in [2.05, 4.69) is 71.1 Å². The van der Waals surface area contributed by atoms with Crippen LogP contribution >= 0.6 is 22.6 Å². The number of fused-ring (bicyclic) bond motifs is 1. The minimum atomic E-state index is 0.635. The van der Waals surface area contributed by atoms with Gasteiger partial charge >= 0.3 is 0 Å². The maximum atomic E-state index is 2.38. The number of hydrogen-bond donors (Lipinski definition) is 0. The summed E-state index contributed by atoms with van der Waals surface area (Å²) in [5, 5.41) is 0. The molecule has 3 rings (SSSR count). The van der Waals surface area contributed by atoms with E-state index in [1.54, 1.807) is 0 Å². The minimum Gasteiger partial charge on any atom is -0.0620 e. The Morgan fingerprint density at radius 1 is 1.00 bits per heavy atom. The Labute approximate surface area is 103 Å². The molecule has 2 aromatic rings. The predicted molar refractivity (Wildman–Crippen MR) is 71.1 cm³/mol. The zero-order chi connectivity index (χ0) is 10.3. The summed E-state index contributed by atoms with van der Waals surface area (Å²) in [7, 11) is 0. The van der Waals surface area contributed by atoms with Crippen LogP contribution in [0.1, 0.15) is 22.6 Å². The molecule has 2 aromatic carbocycles. The van der Waals surface area contributed by atoms with Crippen molar-refractivity contribution in [3.8, 4) is 0 Å². The lowest BCUT2D eigenvalue weighted by molar-refractivity contribution is 0.707. The number of halogens is 1. The third-order valence-corrected chi connectivity index (χ3v) is 3.78. The number of benzene rings is 2. The quantitative estimate of drug-likeness (QED) is 0.699. The Kier molecular flexibility index (Phi) is 2.28. The SMILES string of the molecule is Ic1cccc(C2Cc3ccccc32)c1. The van der Waals surface area contributed by atoms with Crippen LogP contribution in [0.4, 0.5) is 0 Å². The smallest absolute Gasteiger partial charge is 0.0133 e. The summed E-state index contributed by atoms with van der Waals surface area (Å²) in [4.78, 5) is 0. The van der Waals surface area contributed by atoms with Gasteiger partial charge in [-0.3, -0.25) is 0 Å². The fraction of sp³-hybridized carbons (Fsp3) is 0.143. The van der Waals surface area contributed by atoms with Crippen molar-refractivity contribution in [3.05, 3.63) is 68.8 Å². The molecule has 1 atom stereocenters. The Hall–Kier alpha value is -0.830. The molecule has 0 saturated carbocycles. The van der Waals surface area contributed by atoms with Crippen LogP contribution in [0.5, 0.6) is 0 Å². The zero-order valence-corrected chi connectivity index (χ0v) is 10.4. The third-order valence-electron chi connectivity index (χ3n) is 3.11. The van der Waals surface area contributed by atoms with Crippen LogP contribution in [0.2, 0.25) is 0 Å². The van der Waals surface area contributed by atoms with Gasteiger partial charge in [0.25, 0.3) is 0 Å². The van der Waals surface area contributed by atoms with Gasteiger partial charge in [-0.05, 0) is 57.8 Å². The van der Waals surface area contributed by atoms with Crippen molar-refractivity contribution in [1.29, 1.82) is 0 Å². The van der Waals surface area contributed by atoms with Crippen LogP contribution in [0.25, 0.3) is 0 Å². The second kappa shape index (κ2) is 3.63. The molecule has 0 bridgehead atoms. The summed E-state index contributed by atoms with van der Waals surface area (Å²) < 4.78 is 1.33. The van der Waals surface area contributed by atoms with Crippen LogP contribution in [0.3, 0.4) is 0 Å². The lowest BCUT2D eigenvalue weighted by atomic mass is 9.74. The maximum absolute atomic E-state index is 2.38. The van der Waals surface area contributed by atoms with E-state index in [1.165, 1.54) is 26.7 Å². The van der Waals surface area contributed by atoms with Crippen molar-refractivity contribution in [2.45, 2.75) is 12.3 Å². The average molecular weight is 306 g/mol. The van der Waals surface area contributed by atoms with Crippen molar-refractivity contribution in [1.82, 2.24) is 0 Å². The highest BCUT2D eigenvalue weighted by Crippen LogP contribution is 2.39. The minimum absolute atomic E-state index is 0.635. The summed E-state index contributed by atoms with van der Waals surface area (Å²) in [6.45, 7) is 0. The van der Waals surface area contributed by atoms with E-state index in [-0.39, 0.29) is 0 Å². The monoisotopic (exact) mass is 306 g/mol. The summed E-state index contributed by atoms with van der Waals surface area (Å²) in [6.07, 6.45) is 1.20. The second-order valence-corrected chi connectivity index (χ2v) is 5.26. The molecule has 0 nitrogen and oxygen atoms in total. The van der Waals surface area contributed by atoms with Crippen molar-refractivity contribution >= 4 is 22.6 Å². The van der Waals surface area contributed by atoms with Crippen LogP contribution in [0, 0.1) is 3.57 Å². The first-order valence-corrected chi connectivity index (χ1v) is 6.26. The predicted octanol–water partition coefficient (Wildman–Crippen LogP) is 3.98. The van der Waals surface area contributed by atoms with Crippen LogP contribution in [-0.4, -0.2) is 0 Å². The van der Waals surface area contributed by atoms with Crippen molar-refractivity contribution in [2.75, 3.05) is 0 Å². The highest BCUT2D eigenvalue weighted by molar-refractivity contribution is 14.1. The Balaban J connectivity index is 2.00. The first kappa shape index (κ1) is 9.40. The van der Waals surface area contributed by atoms with Gasteiger partial charge in [-0.25, -0.2) is 0 Å². The van der Waals surface area contributed by atoms with Crippen LogP contribution < -0.4 is 0 Å². The highest BCUT2D eigenvalue weighted by Gasteiger charge is 2.26. The van der Waals surface area contributed by atoms with Gasteiger partial charge in [0.1, 0.15) is 0 Å². The molecule has 0 spiro atoms. The molecule has 1 aliphatic carbocycles. The van der Waals surface area contributed by atoms with E-state index in [4.69, 9.17) is 0 Å². The second-order valence-electron chi connectivity index (χ2n) is 4.01. The molecule has 1 heteroatoms. The Bertz CT molecular complexity index is 502. The van der Waals surface area contributed by atoms with Gasteiger partial charge in [0.2, 0.25) is 0 Å². The molecule has 0 fully saturated rings. The summed E-state index contributed by atoms with van der Waals surface area (Å²) in [5.41, 5.74) is 4.49. The standard InChI is InChI=1S/C14H11I/c15-12-6-3-5-10(8-12)14-9-11-4-1-2-7-13(11)14/h1-8,14H,9H2. The van der Waals surface area contributed by atoms with Gasteiger partial charge in [-0.2, -0.15) is 0 Å². The average Bonchev–Trinajstić information content (AvgIpc) is 2.20. The summed E-state index contributed by atoms with van der Waals surface area (Å²) in [6, 6.07) is 17.6. The molecule has 0 saturated heterocycles. The number of rotatable bonds is 1. The summed E-state index contributed by atoms with van der Waals surface area (Å²) >= 11 is 2.38. The van der Waals surface area contributed by atoms with Crippen LogP contribution in [0.15, 0.2) is 48.5 Å². The van der Waals surface area contributed by atoms with Crippen molar-refractivity contribution in [3.63, 3.8) is 0 Å². The van der Waals surface area contributed by atoms with Gasteiger partial charge < -0.3 is 0 Å². The fourth-order valence-electron chi connectivity index (χ4n) is 2.28. The number of hydrogen-bond acceptors (Lipinski definition) is 0. The third kappa shape index (κ3) is 1.59. The molecule has 0 N–H and O–H groups in total. The maximum Gasteiger partial charge on any atom is 0.0133 e. The summed E-state index contributed by atoms with van der Waals surface area (Å²) in [5.74, 6) is 0.635. The molecule has 0 aromatic heterocycles.